The Morgan fingerprint density at radius 1 is 1.21 bits per heavy atom. The number of thiazole rings is 1. The molecule has 1 aliphatic heterocycles. The van der Waals surface area contributed by atoms with Gasteiger partial charge in [-0.25, -0.2) is 9.37 Å². The van der Waals surface area contributed by atoms with Crippen LogP contribution in [0, 0.1) is 5.82 Å². The van der Waals surface area contributed by atoms with E-state index in [4.69, 9.17) is 4.98 Å². The molecule has 2 heterocycles. The van der Waals surface area contributed by atoms with Gasteiger partial charge >= 0.3 is 0 Å². The van der Waals surface area contributed by atoms with E-state index in [1.165, 1.54) is 21.8 Å². The van der Waals surface area contributed by atoms with Gasteiger partial charge in [-0.1, -0.05) is 24.3 Å². The van der Waals surface area contributed by atoms with Crippen LogP contribution in [0.4, 0.5) is 4.39 Å². The summed E-state index contributed by atoms with van der Waals surface area (Å²) in [6.07, 6.45) is 2.06. The molecule has 0 unspecified atom stereocenters. The fourth-order valence-corrected chi connectivity index (χ4v) is 4.86. The molecule has 1 aromatic heterocycles. The van der Waals surface area contributed by atoms with Crippen LogP contribution in [0.1, 0.15) is 42.3 Å². The highest BCUT2D eigenvalue weighted by molar-refractivity contribution is 7.18. The Labute approximate surface area is 168 Å². The van der Waals surface area contributed by atoms with Gasteiger partial charge in [0.25, 0.3) is 0 Å². The lowest BCUT2D eigenvalue weighted by Gasteiger charge is -2.30. The predicted molar refractivity (Wildman–Crippen MR) is 111 cm³/mol. The van der Waals surface area contributed by atoms with Crippen molar-refractivity contribution in [3.05, 3.63) is 64.9 Å². The van der Waals surface area contributed by atoms with Crippen LogP contribution in [0.25, 0.3) is 10.2 Å². The molecular weight excluding hydrogens is 373 g/mol. The molecule has 1 atom stereocenters. The minimum atomic E-state index is -0.265. The van der Waals surface area contributed by atoms with Crippen molar-refractivity contribution in [2.75, 3.05) is 19.6 Å². The predicted octanol–water partition coefficient (Wildman–Crippen LogP) is 4.49. The number of para-hydroxylation sites is 1. The Balaban J connectivity index is 1.27. The van der Waals surface area contributed by atoms with E-state index in [1.807, 2.05) is 13.0 Å². The highest BCUT2D eigenvalue weighted by Crippen LogP contribution is 2.33. The van der Waals surface area contributed by atoms with E-state index in [0.717, 1.165) is 37.0 Å². The Morgan fingerprint density at radius 3 is 2.64 bits per heavy atom. The third kappa shape index (κ3) is 4.39. The van der Waals surface area contributed by atoms with Crippen molar-refractivity contribution in [2.24, 2.45) is 0 Å². The van der Waals surface area contributed by atoms with Crippen LogP contribution in [0.15, 0.2) is 48.5 Å². The maximum Gasteiger partial charge on any atom is 0.234 e. The number of carbonyl (C=O) groups is 1. The monoisotopic (exact) mass is 397 g/mol. The van der Waals surface area contributed by atoms with Crippen molar-refractivity contribution in [2.45, 2.75) is 31.7 Å². The number of halogens is 1. The zero-order valence-electron chi connectivity index (χ0n) is 15.9. The van der Waals surface area contributed by atoms with Gasteiger partial charge in [-0.15, -0.1) is 11.3 Å². The van der Waals surface area contributed by atoms with Gasteiger partial charge in [0.15, 0.2) is 0 Å². The first-order valence-corrected chi connectivity index (χ1v) is 10.5. The van der Waals surface area contributed by atoms with E-state index in [-0.39, 0.29) is 17.8 Å². The van der Waals surface area contributed by atoms with Crippen molar-refractivity contribution in [1.82, 2.24) is 15.2 Å². The van der Waals surface area contributed by atoms with Gasteiger partial charge in [0.05, 0.1) is 27.8 Å². The summed E-state index contributed by atoms with van der Waals surface area (Å²) in [5.41, 5.74) is 1.99. The van der Waals surface area contributed by atoms with E-state index in [0.29, 0.717) is 12.5 Å². The number of likely N-dealkylation sites (tertiary alicyclic amines) is 1. The molecule has 2 aromatic carbocycles. The van der Waals surface area contributed by atoms with Crippen molar-refractivity contribution >= 4 is 27.5 Å². The van der Waals surface area contributed by atoms with E-state index in [1.54, 1.807) is 23.5 Å². The molecule has 0 radical (unpaired) electrons. The molecule has 4 rings (SSSR count). The second-order valence-electron chi connectivity index (χ2n) is 7.41. The number of benzene rings is 2. The molecule has 1 N–H and O–H groups in total. The number of rotatable bonds is 5. The van der Waals surface area contributed by atoms with Crippen molar-refractivity contribution in [3.8, 4) is 0 Å². The summed E-state index contributed by atoms with van der Waals surface area (Å²) in [6.45, 7) is 4.13. The van der Waals surface area contributed by atoms with Gasteiger partial charge in [-0.2, -0.15) is 0 Å². The zero-order chi connectivity index (χ0) is 19.5. The van der Waals surface area contributed by atoms with Crippen LogP contribution in [-0.4, -0.2) is 35.4 Å². The summed E-state index contributed by atoms with van der Waals surface area (Å²) >= 11 is 1.79. The number of piperidine rings is 1. The van der Waals surface area contributed by atoms with E-state index in [2.05, 4.69) is 28.4 Å². The highest BCUT2D eigenvalue weighted by atomic mass is 32.1. The first-order valence-electron chi connectivity index (χ1n) is 9.71. The SMILES string of the molecule is C[C@H](NC(=O)CN1CCC(c2nc3ccccc3s2)CC1)c1ccc(F)cc1. The van der Waals surface area contributed by atoms with Crippen molar-refractivity contribution < 1.29 is 9.18 Å². The second kappa shape index (κ2) is 8.37. The molecule has 1 fully saturated rings. The zero-order valence-corrected chi connectivity index (χ0v) is 16.7. The van der Waals surface area contributed by atoms with Gasteiger partial charge in [-0.05, 0) is 62.7 Å². The smallest absolute Gasteiger partial charge is 0.234 e. The first-order chi connectivity index (χ1) is 13.6. The van der Waals surface area contributed by atoms with E-state index < -0.39 is 0 Å². The highest BCUT2D eigenvalue weighted by Gasteiger charge is 2.24. The normalized spacial score (nSPS) is 16.9. The molecule has 0 spiro atoms. The molecule has 28 heavy (non-hydrogen) atoms. The maximum atomic E-state index is 13.0. The second-order valence-corrected chi connectivity index (χ2v) is 8.47. The third-order valence-electron chi connectivity index (χ3n) is 5.36. The molecule has 146 valence electrons. The summed E-state index contributed by atoms with van der Waals surface area (Å²) in [4.78, 5) is 19.4. The Kier molecular flexibility index (Phi) is 5.69. The molecule has 0 bridgehead atoms. The van der Waals surface area contributed by atoms with Crippen LogP contribution in [0.2, 0.25) is 0 Å². The number of carbonyl (C=O) groups excluding carboxylic acids is 1. The summed E-state index contributed by atoms with van der Waals surface area (Å²) in [5, 5.41) is 4.23. The summed E-state index contributed by atoms with van der Waals surface area (Å²) < 4.78 is 14.3. The molecule has 1 amide bonds. The Bertz CT molecular complexity index is 915. The number of hydrogen-bond donors (Lipinski definition) is 1. The summed E-state index contributed by atoms with van der Waals surface area (Å²) in [5.74, 6) is 0.225. The lowest BCUT2D eigenvalue weighted by atomic mass is 9.97. The summed E-state index contributed by atoms with van der Waals surface area (Å²) in [6, 6.07) is 14.4. The maximum absolute atomic E-state index is 13.0. The van der Waals surface area contributed by atoms with Gasteiger partial charge < -0.3 is 5.32 Å². The van der Waals surface area contributed by atoms with E-state index in [9.17, 15) is 9.18 Å². The number of fused-ring (bicyclic) bond motifs is 1. The van der Waals surface area contributed by atoms with Crippen LogP contribution < -0.4 is 5.32 Å². The number of hydrogen-bond acceptors (Lipinski definition) is 4. The Hall–Kier alpha value is -2.31. The van der Waals surface area contributed by atoms with Gasteiger partial charge in [0.2, 0.25) is 5.91 Å². The fraction of sp³-hybridized carbons (Fsp3) is 0.364. The summed E-state index contributed by atoms with van der Waals surface area (Å²) in [7, 11) is 0. The number of nitrogens with zero attached hydrogens (tertiary/aromatic N) is 2. The molecule has 0 aliphatic carbocycles. The van der Waals surface area contributed by atoms with Crippen LogP contribution in [0.3, 0.4) is 0 Å². The number of nitrogens with one attached hydrogen (secondary N) is 1. The van der Waals surface area contributed by atoms with Gasteiger partial charge in [0.1, 0.15) is 5.82 Å². The lowest BCUT2D eigenvalue weighted by molar-refractivity contribution is -0.123. The first kappa shape index (κ1) is 19.0. The van der Waals surface area contributed by atoms with Crippen molar-refractivity contribution in [3.63, 3.8) is 0 Å². The molecular formula is C22H24FN3OS. The Morgan fingerprint density at radius 2 is 1.93 bits per heavy atom. The largest absolute Gasteiger partial charge is 0.348 e. The van der Waals surface area contributed by atoms with Crippen LogP contribution >= 0.6 is 11.3 Å². The minimum absolute atomic E-state index is 0.00950. The topological polar surface area (TPSA) is 45.2 Å². The average Bonchev–Trinajstić information content (AvgIpc) is 3.13. The number of aromatic nitrogens is 1. The number of amides is 1. The molecule has 1 aliphatic rings. The minimum Gasteiger partial charge on any atom is -0.348 e. The molecule has 0 saturated carbocycles. The van der Waals surface area contributed by atoms with Gasteiger partial charge in [-0.3, -0.25) is 9.69 Å². The van der Waals surface area contributed by atoms with Crippen molar-refractivity contribution in [1.29, 1.82) is 0 Å². The lowest BCUT2D eigenvalue weighted by Crippen LogP contribution is -2.41. The molecule has 6 heteroatoms. The van der Waals surface area contributed by atoms with Gasteiger partial charge in [0, 0.05) is 5.92 Å². The van der Waals surface area contributed by atoms with Crippen LogP contribution in [-0.2, 0) is 4.79 Å². The standard InChI is InChI=1S/C22H24FN3OS/c1-15(16-6-8-18(23)9-7-16)24-21(27)14-26-12-10-17(11-13-26)22-25-19-4-2-3-5-20(19)28-22/h2-9,15,17H,10-14H2,1H3,(H,24,27)/t15-/m0/s1. The molecule has 4 nitrogen and oxygen atoms in total. The fourth-order valence-electron chi connectivity index (χ4n) is 3.73. The third-order valence-corrected chi connectivity index (χ3v) is 6.56. The quantitative estimate of drug-likeness (QED) is 0.690. The van der Waals surface area contributed by atoms with E-state index >= 15 is 0 Å². The molecule has 3 aromatic rings. The van der Waals surface area contributed by atoms with Crippen LogP contribution in [0.5, 0.6) is 0 Å². The average molecular weight is 398 g/mol. The molecule has 1 saturated heterocycles.